The van der Waals surface area contributed by atoms with Crippen LogP contribution in [0.2, 0.25) is 0 Å². The quantitative estimate of drug-likeness (QED) is 0.770. The Hall–Kier alpha value is -2.34. The molecular weight excluding hydrogens is 362 g/mol. The van der Waals surface area contributed by atoms with Crippen molar-refractivity contribution in [2.75, 3.05) is 7.11 Å². The highest BCUT2D eigenvalue weighted by atomic mass is 79.9. The van der Waals surface area contributed by atoms with Gasteiger partial charge in [0.05, 0.1) is 12.8 Å². The number of benzene rings is 2. The van der Waals surface area contributed by atoms with E-state index in [2.05, 4.69) is 20.9 Å². The van der Waals surface area contributed by atoms with E-state index in [4.69, 9.17) is 14.6 Å². The number of methoxy groups -OCH3 is 1. The third kappa shape index (κ3) is 4.56. The number of carboxylic acids is 1. The van der Waals surface area contributed by atoms with E-state index in [1.165, 1.54) is 14.0 Å². The molecule has 0 aliphatic carbocycles. The van der Waals surface area contributed by atoms with Crippen molar-refractivity contribution in [1.82, 2.24) is 0 Å². The van der Waals surface area contributed by atoms with E-state index in [0.29, 0.717) is 17.1 Å². The Morgan fingerprint density at radius 3 is 2.70 bits per heavy atom. The first-order chi connectivity index (χ1) is 11.0. The number of ether oxygens (including phenoxy) is 2. The summed E-state index contributed by atoms with van der Waals surface area (Å²) >= 11 is 3.39. The van der Waals surface area contributed by atoms with Crippen LogP contribution < -0.4 is 9.47 Å². The molecule has 0 aliphatic rings. The molecule has 1 atom stereocenters. The van der Waals surface area contributed by atoms with Gasteiger partial charge < -0.3 is 14.6 Å². The average Bonchev–Trinajstić information content (AvgIpc) is 2.53. The van der Waals surface area contributed by atoms with E-state index in [1.54, 1.807) is 24.4 Å². The standard InChI is InChI=1S/C17H16BrNO4/c1-11(17(20)21)23-16-12(5-3-8-15(16)22-2)10-19-14-7-4-6-13(18)9-14/h3-11H,1-2H3,(H,20,21)/t11-/m1/s1. The van der Waals surface area contributed by atoms with Crippen LogP contribution in [0.4, 0.5) is 5.69 Å². The first-order valence-electron chi connectivity index (χ1n) is 6.87. The van der Waals surface area contributed by atoms with E-state index in [9.17, 15) is 4.79 Å². The van der Waals surface area contributed by atoms with Crippen LogP contribution in [0.5, 0.6) is 11.5 Å². The zero-order valence-corrected chi connectivity index (χ0v) is 14.3. The fourth-order valence-corrected chi connectivity index (χ4v) is 2.24. The van der Waals surface area contributed by atoms with Gasteiger partial charge in [-0.05, 0) is 37.3 Å². The lowest BCUT2D eigenvalue weighted by Gasteiger charge is -2.15. The minimum Gasteiger partial charge on any atom is -0.493 e. The highest BCUT2D eigenvalue weighted by molar-refractivity contribution is 9.10. The van der Waals surface area contributed by atoms with Crippen molar-refractivity contribution in [3.63, 3.8) is 0 Å². The van der Waals surface area contributed by atoms with E-state index in [-0.39, 0.29) is 0 Å². The number of para-hydroxylation sites is 1. The summed E-state index contributed by atoms with van der Waals surface area (Å²) in [7, 11) is 1.50. The minimum absolute atomic E-state index is 0.351. The van der Waals surface area contributed by atoms with Crippen LogP contribution >= 0.6 is 15.9 Å². The first kappa shape index (κ1) is 17.0. The van der Waals surface area contributed by atoms with Crippen molar-refractivity contribution in [3.05, 3.63) is 52.5 Å². The zero-order chi connectivity index (χ0) is 16.8. The van der Waals surface area contributed by atoms with Crippen LogP contribution in [0.15, 0.2) is 51.9 Å². The molecule has 0 saturated heterocycles. The Kier molecular flexibility index (Phi) is 5.76. The Balaban J connectivity index is 2.35. The summed E-state index contributed by atoms with van der Waals surface area (Å²) in [6.45, 7) is 1.46. The number of nitrogens with zero attached hydrogens (tertiary/aromatic N) is 1. The number of halogens is 1. The molecule has 1 N–H and O–H groups in total. The molecule has 0 aromatic heterocycles. The number of aliphatic carboxylic acids is 1. The number of rotatable bonds is 6. The van der Waals surface area contributed by atoms with E-state index >= 15 is 0 Å². The fourth-order valence-electron chi connectivity index (χ4n) is 1.85. The molecule has 2 aromatic rings. The topological polar surface area (TPSA) is 68.1 Å². The number of carboxylic acid groups (broad SMARTS) is 1. The van der Waals surface area contributed by atoms with Crippen LogP contribution in [0.1, 0.15) is 12.5 Å². The molecule has 0 fully saturated rings. The van der Waals surface area contributed by atoms with Gasteiger partial charge in [0.25, 0.3) is 0 Å². The van der Waals surface area contributed by atoms with Crippen molar-refractivity contribution < 1.29 is 19.4 Å². The van der Waals surface area contributed by atoms with Crippen LogP contribution in [0.3, 0.4) is 0 Å². The largest absolute Gasteiger partial charge is 0.493 e. The Morgan fingerprint density at radius 2 is 2.04 bits per heavy atom. The molecule has 23 heavy (non-hydrogen) atoms. The smallest absolute Gasteiger partial charge is 0.344 e. The minimum atomic E-state index is -1.05. The molecule has 2 rings (SSSR count). The van der Waals surface area contributed by atoms with Gasteiger partial charge in [-0.3, -0.25) is 4.99 Å². The molecular formula is C17H16BrNO4. The van der Waals surface area contributed by atoms with Gasteiger partial charge in [-0.1, -0.05) is 28.1 Å². The molecule has 2 aromatic carbocycles. The third-order valence-electron chi connectivity index (χ3n) is 3.03. The van der Waals surface area contributed by atoms with Crippen LogP contribution in [-0.2, 0) is 4.79 Å². The monoisotopic (exact) mass is 377 g/mol. The second-order valence-corrected chi connectivity index (χ2v) is 5.63. The lowest BCUT2D eigenvalue weighted by atomic mass is 10.2. The molecule has 0 heterocycles. The van der Waals surface area contributed by atoms with Crippen LogP contribution in [0.25, 0.3) is 0 Å². The summed E-state index contributed by atoms with van der Waals surface area (Å²) in [6, 6.07) is 12.8. The fraction of sp³-hybridized carbons (Fsp3) is 0.176. The molecule has 0 bridgehead atoms. The van der Waals surface area contributed by atoms with Gasteiger partial charge in [-0.2, -0.15) is 0 Å². The summed E-state index contributed by atoms with van der Waals surface area (Å²) in [5, 5.41) is 9.03. The second kappa shape index (κ2) is 7.78. The summed E-state index contributed by atoms with van der Waals surface area (Å²) in [4.78, 5) is 15.4. The molecule has 0 saturated carbocycles. The van der Waals surface area contributed by atoms with Crippen LogP contribution in [-0.4, -0.2) is 30.5 Å². The van der Waals surface area contributed by atoms with Crippen molar-refractivity contribution in [2.45, 2.75) is 13.0 Å². The zero-order valence-electron chi connectivity index (χ0n) is 12.7. The SMILES string of the molecule is COc1cccc(C=Nc2cccc(Br)c2)c1O[C@H](C)C(=O)O. The maximum absolute atomic E-state index is 11.0. The third-order valence-corrected chi connectivity index (χ3v) is 3.53. The van der Waals surface area contributed by atoms with Gasteiger partial charge in [0, 0.05) is 16.3 Å². The van der Waals surface area contributed by atoms with Gasteiger partial charge >= 0.3 is 5.97 Å². The molecule has 0 amide bonds. The summed E-state index contributed by atoms with van der Waals surface area (Å²) in [5.74, 6) is -0.245. The van der Waals surface area contributed by atoms with Crippen molar-refractivity contribution >= 4 is 33.8 Å². The lowest BCUT2D eigenvalue weighted by Crippen LogP contribution is -2.23. The first-order valence-corrected chi connectivity index (χ1v) is 7.66. The average molecular weight is 378 g/mol. The molecule has 6 heteroatoms. The molecule has 5 nitrogen and oxygen atoms in total. The molecule has 0 aliphatic heterocycles. The number of aliphatic imine (C=N–C) groups is 1. The van der Waals surface area contributed by atoms with Crippen LogP contribution in [0, 0.1) is 0 Å². The van der Waals surface area contributed by atoms with Crippen molar-refractivity contribution in [2.24, 2.45) is 4.99 Å². The Morgan fingerprint density at radius 1 is 1.30 bits per heavy atom. The number of hydrogen-bond donors (Lipinski definition) is 1. The van der Waals surface area contributed by atoms with Crippen molar-refractivity contribution in [1.29, 1.82) is 0 Å². The summed E-state index contributed by atoms with van der Waals surface area (Å²) < 4.78 is 11.7. The van der Waals surface area contributed by atoms with Gasteiger partial charge in [0.1, 0.15) is 0 Å². The van der Waals surface area contributed by atoms with Gasteiger partial charge in [0.2, 0.25) is 0 Å². The molecule has 0 unspecified atom stereocenters. The highest BCUT2D eigenvalue weighted by Gasteiger charge is 2.17. The maximum Gasteiger partial charge on any atom is 0.344 e. The second-order valence-electron chi connectivity index (χ2n) is 4.72. The molecule has 0 spiro atoms. The predicted molar refractivity (Wildman–Crippen MR) is 92.1 cm³/mol. The highest BCUT2D eigenvalue weighted by Crippen LogP contribution is 2.31. The number of hydrogen-bond acceptors (Lipinski definition) is 4. The van der Waals surface area contributed by atoms with Crippen molar-refractivity contribution in [3.8, 4) is 11.5 Å². The Bertz CT molecular complexity index is 730. The molecule has 0 radical (unpaired) electrons. The van der Waals surface area contributed by atoms with Gasteiger partial charge in [-0.25, -0.2) is 4.79 Å². The normalized spacial score (nSPS) is 12.1. The Labute approximate surface area is 142 Å². The predicted octanol–water partition coefficient (Wildman–Crippen LogP) is 4.06. The lowest BCUT2D eigenvalue weighted by molar-refractivity contribution is -0.144. The van der Waals surface area contributed by atoms with E-state index in [0.717, 1.165) is 10.2 Å². The van der Waals surface area contributed by atoms with Gasteiger partial charge in [0.15, 0.2) is 17.6 Å². The van der Waals surface area contributed by atoms with E-state index in [1.807, 2.05) is 24.3 Å². The maximum atomic E-state index is 11.0. The number of carbonyl (C=O) groups is 1. The van der Waals surface area contributed by atoms with E-state index < -0.39 is 12.1 Å². The summed E-state index contributed by atoms with van der Waals surface area (Å²) in [6.07, 6.45) is 0.623. The van der Waals surface area contributed by atoms with Gasteiger partial charge in [-0.15, -0.1) is 0 Å². The molecule has 120 valence electrons. The summed E-state index contributed by atoms with van der Waals surface area (Å²) in [5.41, 5.74) is 1.40.